The Labute approximate surface area is 105 Å². The van der Waals surface area contributed by atoms with Crippen molar-refractivity contribution < 1.29 is 0 Å². The van der Waals surface area contributed by atoms with Crippen LogP contribution in [0.25, 0.3) is 0 Å². The Hall–Kier alpha value is -0.830. The van der Waals surface area contributed by atoms with E-state index >= 15 is 0 Å². The summed E-state index contributed by atoms with van der Waals surface area (Å²) in [6, 6.07) is 2.85. The second kappa shape index (κ2) is 6.20. The number of nitrogens with one attached hydrogen (secondary N) is 1. The summed E-state index contributed by atoms with van der Waals surface area (Å²) in [5.74, 6) is 0.930. The van der Waals surface area contributed by atoms with Gasteiger partial charge in [0.25, 0.3) is 0 Å². The van der Waals surface area contributed by atoms with Crippen molar-refractivity contribution in [2.75, 3.05) is 6.54 Å². The molecule has 1 saturated carbocycles. The van der Waals surface area contributed by atoms with Gasteiger partial charge in [-0.1, -0.05) is 19.8 Å². The highest BCUT2D eigenvalue weighted by atomic mass is 15.3. The Morgan fingerprint density at radius 3 is 3.00 bits per heavy atom. The predicted molar refractivity (Wildman–Crippen MR) is 71.0 cm³/mol. The maximum atomic E-state index is 4.20. The second-order valence-corrected chi connectivity index (χ2v) is 5.46. The van der Waals surface area contributed by atoms with Crippen LogP contribution in [-0.2, 0) is 13.5 Å². The molecule has 2 atom stereocenters. The summed E-state index contributed by atoms with van der Waals surface area (Å²) in [7, 11) is 2.02. The van der Waals surface area contributed by atoms with Gasteiger partial charge in [-0.25, -0.2) is 0 Å². The van der Waals surface area contributed by atoms with Gasteiger partial charge in [-0.3, -0.25) is 4.68 Å². The van der Waals surface area contributed by atoms with E-state index < -0.39 is 0 Å². The van der Waals surface area contributed by atoms with Gasteiger partial charge in [-0.15, -0.1) is 0 Å². The minimum atomic E-state index is 0.744. The third kappa shape index (κ3) is 3.84. The third-order valence-corrected chi connectivity index (χ3v) is 3.99. The van der Waals surface area contributed by atoms with Gasteiger partial charge >= 0.3 is 0 Å². The van der Waals surface area contributed by atoms with E-state index in [0.29, 0.717) is 0 Å². The molecule has 0 aliphatic heterocycles. The number of aromatic nitrogens is 2. The van der Waals surface area contributed by atoms with Crippen molar-refractivity contribution in [3.05, 3.63) is 18.0 Å². The van der Waals surface area contributed by atoms with Crippen molar-refractivity contribution in [2.24, 2.45) is 13.0 Å². The maximum Gasteiger partial charge on any atom is 0.0492 e. The van der Waals surface area contributed by atoms with Crippen molar-refractivity contribution in [3.63, 3.8) is 0 Å². The lowest BCUT2D eigenvalue weighted by atomic mass is 10.0. The molecule has 1 aromatic heterocycles. The van der Waals surface area contributed by atoms with E-state index in [4.69, 9.17) is 0 Å². The van der Waals surface area contributed by atoms with Gasteiger partial charge in [0.2, 0.25) is 0 Å². The van der Waals surface area contributed by atoms with Gasteiger partial charge in [-0.05, 0) is 31.2 Å². The minimum Gasteiger partial charge on any atom is -0.314 e. The fourth-order valence-electron chi connectivity index (χ4n) is 2.74. The highest BCUT2D eigenvalue weighted by Crippen LogP contribution is 2.22. The fraction of sp³-hybridized carbons (Fsp3) is 0.786. The van der Waals surface area contributed by atoms with Gasteiger partial charge in [0.1, 0.15) is 0 Å². The first-order valence-corrected chi connectivity index (χ1v) is 6.96. The van der Waals surface area contributed by atoms with Gasteiger partial charge in [0, 0.05) is 37.9 Å². The van der Waals surface area contributed by atoms with Gasteiger partial charge in [-0.2, -0.15) is 5.10 Å². The zero-order chi connectivity index (χ0) is 12.1. The highest BCUT2D eigenvalue weighted by molar-refractivity contribution is 5.00. The molecule has 3 heteroatoms. The van der Waals surface area contributed by atoms with Crippen LogP contribution in [0.5, 0.6) is 0 Å². The predicted octanol–water partition coefficient (Wildman–Crippen LogP) is 2.52. The lowest BCUT2D eigenvalue weighted by molar-refractivity contribution is 0.448. The topological polar surface area (TPSA) is 29.9 Å². The molecule has 2 unspecified atom stereocenters. The normalized spacial score (nSPS) is 25.8. The first-order valence-electron chi connectivity index (χ1n) is 6.96. The van der Waals surface area contributed by atoms with E-state index in [9.17, 15) is 0 Å². The molecular weight excluding hydrogens is 210 g/mol. The molecule has 0 spiro atoms. The summed E-state index contributed by atoms with van der Waals surface area (Å²) in [4.78, 5) is 0. The second-order valence-electron chi connectivity index (χ2n) is 5.46. The quantitative estimate of drug-likeness (QED) is 0.813. The van der Waals surface area contributed by atoms with Crippen LogP contribution in [0.4, 0.5) is 0 Å². The van der Waals surface area contributed by atoms with Gasteiger partial charge in [0.05, 0.1) is 0 Å². The Morgan fingerprint density at radius 1 is 1.35 bits per heavy atom. The first-order chi connectivity index (χ1) is 8.25. The van der Waals surface area contributed by atoms with Gasteiger partial charge in [0.15, 0.2) is 0 Å². The maximum absolute atomic E-state index is 4.20. The lowest BCUT2D eigenvalue weighted by Crippen LogP contribution is -2.30. The van der Waals surface area contributed by atoms with Crippen LogP contribution in [0.1, 0.15) is 44.7 Å². The molecule has 1 aliphatic rings. The molecule has 1 N–H and O–H groups in total. The summed E-state index contributed by atoms with van der Waals surface area (Å²) >= 11 is 0. The smallest absolute Gasteiger partial charge is 0.0492 e. The zero-order valence-electron chi connectivity index (χ0n) is 11.2. The lowest BCUT2D eigenvalue weighted by Gasteiger charge is -2.16. The molecule has 0 amide bonds. The van der Waals surface area contributed by atoms with Crippen LogP contribution in [0.3, 0.4) is 0 Å². The third-order valence-electron chi connectivity index (χ3n) is 3.99. The van der Waals surface area contributed by atoms with Crippen molar-refractivity contribution >= 4 is 0 Å². The van der Waals surface area contributed by atoms with Crippen LogP contribution in [-0.4, -0.2) is 22.4 Å². The molecule has 96 valence electrons. The summed E-state index contributed by atoms with van der Waals surface area (Å²) in [6.45, 7) is 3.47. The Balaban J connectivity index is 1.69. The molecule has 0 radical (unpaired) electrons. The Morgan fingerprint density at radius 2 is 2.24 bits per heavy atom. The molecule has 1 heterocycles. The van der Waals surface area contributed by atoms with Crippen molar-refractivity contribution in [1.82, 2.24) is 15.1 Å². The van der Waals surface area contributed by atoms with E-state index in [1.165, 1.54) is 37.8 Å². The summed E-state index contributed by atoms with van der Waals surface area (Å²) < 4.78 is 1.97. The van der Waals surface area contributed by atoms with Gasteiger partial charge < -0.3 is 5.32 Å². The van der Waals surface area contributed by atoms with E-state index in [0.717, 1.165) is 24.9 Å². The number of nitrogens with zero attached hydrogens (tertiary/aromatic N) is 2. The van der Waals surface area contributed by atoms with E-state index in [2.05, 4.69) is 23.4 Å². The molecule has 0 aromatic carbocycles. The highest BCUT2D eigenvalue weighted by Gasteiger charge is 2.15. The molecular formula is C14H25N3. The first kappa shape index (κ1) is 12.6. The van der Waals surface area contributed by atoms with Crippen LogP contribution in [0.2, 0.25) is 0 Å². The van der Waals surface area contributed by atoms with Crippen LogP contribution in [0.15, 0.2) is 12.3 Å². The molecule has 1 aliphatic carbocycles. The fourth-order valence-corrected chi connectivity index (χ4v) is 2.74. The van der Waals surface area contributed by atoms with Crippen molar-refractivity contribution in [1.29, 1.82) is 0 Å². The number of hydrogen-bond donors (Lipinski definition) is 1. The average molecular weight is 235 g/mol. The molecule has 3 nitrogen and oxygen atoms in total. The summed E-state index contributed by atoms with van der Waals surface area (Å²) in [5, 5.41) is 7.90. The Bertz CT molecular complexity index is 332. The monoisotopic (exact) mass is 235 g/mol. The largest absolute Gasteiger partial charge is 0.314 e. The zero-order valence-corrected chi connectivity index (χ0v) is 11.2. The van der Waals surface area contributed by atoms with Crippen LogP contribution < -0.4 is 5.32 Å². The SMILES string of the molecule is CC1CCCC(NCCc2ccnn2C)CC1. The van der Waals surface area contributed by atoms with Crippen molar-refractivity contribution in [2.45, 2.75) is 51.5 Å². The van der Waals surface area contributed by atoms with E-state index in [1.54, 1.807) is 0 Å². The molecule has 17 heavy (non-hydrogen) atoms. The molecule has 1 aromatic rings. The summed E-state index contributed by atoms with van der Waals surface area (Å²) in [5.41, 5.74) is 1.32. The van der Waals surface area contributed by atoms with E-state index in [1.807, 2.05) is 17.9 Å². The average Bonchev–Trinajstić information content (AvgIpc) is 2.59. The van der Waals surface area contributed by atoms with E-state index in [-0.39, 0.29) is 0 Å². The van der Waals surface area contributed by atoms with Crippen LogP contribution >= 0.6 is 0 Å². The number of hydrogen-bond acceptors (Lipinski definition) is 2. The molecule has 2 rings (SSSR count). The molecule has 0 saturated heterocycles. The standard InChI is InChI=1S/C14H25N3/c1-12-4-3-5-13(7-6-12)15-10-8-14-9-11-16-17(14)2/h9,11-13,15H,3-8,10H2,1-2H3. The number of aryl methyl sites for hydroxylation is 1. The van der Waals surface area contributed by atoms with Crippen LogP contribution in [0, 0.1) is 5.92 Å². The summed E-state index contributed by atoms with van der Waals surface area (Å²) in [6.07, 6.45) is 9.88. The Kier molecular flexibility index (Phi) is 4.60. The van der Waals surface area contributed by atoms with Crippen molar-refractivity contribution in [3.8, 4) is 0 Å². The minimum absolute atomic E-state index is 0.744. The molecule has 0 bridgehead atoms. The number of rotatable bonds is 4. The molecule has 1 fully saturated rings.